The average molecular weight is 401 g/mol. The van der Waals surface area contributed by atoms with Gasteiger partial charge in [-0.05, 0) is 95.3 Å². The first kappa shape index (κ1) is 26.3. The van der Waals surface area contributed by atoms with Crippen molar-refractivity contribution in [1.82, 2.24) is 0 Å². The Kier molecular flexibility index (Phi) is 11.6. The number of hydrogen-bond donors (Lipinski definition) is 0. The lowest BCUT2D eigenvalue weighted by molar-refractivity contribution is 0.205. The summed E-state index contributed by atoms with van der Waals surface area (Å²) in [7, 11) is 0. The smallest absolute Gasteiger partial charge is 0.0113 e. The second-order valence-electron chi connectivity index (χ2n) is 10.9. The normalized spacial score (nSPS) is 24.5. The zero-order valence-corrected chi connectivity index (χ0v) is 21.2. The molecule has 0 radical (unpaired) electrons. The Morgan fingerprint density at radius 2 is 1.76 bits per heavy atom. The van der Waals surface area contributed by atoms with Crippen LogP contribution in [0.4, 0.5) is 0 Å². The van der Waals surface area contributed by atoms with Gasteiger partial charge in [-0.25, -0.2) is 0 Å². The van der Waals surface area contributed by atoms with Crippen molar-refractivity contribution in [3.8, 4) is 0 Å². The number of hydrogen-bond acceptors (Lipinski definition) is 0. The third-order valence-corrected chi connectivity index (χ3v) is 7.83. The summed E-state index contributed by atoms with van der Waals surface area (Å²) in [6.45, 7) is 23.0. The number of allylic oxidation sites excluding steroid dienone is 5. The Balaban J connectivity index is 2.92. The molecule has 0 aromatic rings. The van der Waals surface area contributed by atoms with Crippen LogP contribution in [0.25, 0.3) is 0 Å². The molecule has 5 unspecified atom stereocenters. The van der Waals surface area contributed by atoms with Crippen LogP contribution in [0.2, 0.25) is 0 Å². The Labute approximate surface area is 184 Å². The van der Waals surface area contributed by atoms with Gasteiger partial charge in [0, 0.05) is 0 Å². The molecule has 0 amide bonds. The lowest BCUT2D eigenvalue weighted by Gasteiger charge is -2.37. The van der Waals surface area contributed by atoms with Crippen molar-refractivity contribution in [1.29, 1.82) is 0 Å². The minimum Gasteiger partial charge on any atom is -0.0999 e. The molecule has 0 aromatic heterocycles. The Hall–Kier alpha value is -0.780. The van der Waals surface area contributed by atoms with Gasteiger partial charge in [0.15, 0.2) is 0 Å². The van der Waals surface area contributed by atoms with E-state index in [0.717, 1.165) is 18.3 Å². The molecule has 0 nitrogen and oxygen atoms in total. The van der Waals surface area contributed by atoms with Crippen LogP contribution in [-0.2, 0) is 0 Å². The van der Waals surface area contributed by atoms with Crippen molar-refractivity contribution in [3.05, 3.63) is 35.5 Å². The van der Waals surface area contributed by atoms with Crippen molar-refractivity contribution >= 4 is 0 Å². The molecule has 0 aliphatic heterocycles. The molecule has 29 heavy (non-hydrogen) atoms. The molecule has 0 bridgehead atoms. The first-order valence-electron chi connectivity index (χ1n) is 12.6. The van der Waals surface area contributed by atoms with Gasteiger partial charge in [-0.1, -0.05) is 88.8 Å². The summed E-state index contributed by atoms with van der Waals surface area (Å²) >= 11 is 0. The SMILES string of the molecule is C=C(C)C(CC)CC(C)(CCC1CCCC(CC)C1)C(C)=CCC(C)C=C(C)C. The highest BCUT2D eigenvalue weighted by atomic mass is 14.4. The zero-order chi connectivity index (χ0) is 22.0. The second kappa shape index (κ2) is 12.8. The van der Waals surface area contributed by atoms with Crippen molar-refractivity contribution in [2.75, 3.05) is 0 Å². The predicted molar refractivity (Wildman–Crippen MR) is 133 cm³/mol. The molecule has 1 saturated carbocycles. The van der Waals surface area contributed by atoms with Crippen molar-refractivity contribution in [2.24, 2.45) is 29.1 Å². The van der Waals surface area contributed by atoms with E-state index in [1.165, 1.54) is 68.9 Å². The van der Waals surface area contributed by atoms with E-state index in [2.05, 4.69) is 74.1 Å². The Bertz CT molecular complexity index is 544. The van der Waals surface area contributed by atoms with E-state index in [0.29, 0.717) is 17.3 Å². The summed E-state index contributed by atoms with van der Waals surface area (Å²) in [5.41, 5.74) is 4.73. The van der Waals surface area contributed by atoms with Gasteiger partial charge in [-0.3, -0.25) is 0 Å². The van der Waals surface area contributed by atoms with Crippen LogP contribution in [0.3, 0.4) is 0 Å². The summed E-state index contributed by atoms with van der Waals surface area (Å²) in [5, 5.41) is 0. The Morgan fingerprint density at radius 1 is 1.10 bits per heavy atom. The molecule has 1 aliphatic rings. The van der Waals surface area contributed by atoms with E-state index in [1.54, 1.807) is 5.57 Å². The van der Waals surface area contributed by atoms with Gasteiger partial charge in [-0.15, -0.1) is 0 Å². The molecule has 0 saturated heterocycles. The Morgan fingerprint density at radius 3 is 2.31 bits per heavy atom. The molecule has 1 fully saturated rings. The van der Waals surface area contributed by atoms with Gasteiger partial charge in [-0.2, -0.15) is 0 Å². The quantitative estimate of drug-likeness (QED) is 0.286. The third-order valence-electron chi connectivity index (χ3n) is 7.83. The highest BCUT2D eigenvalue weighted by molar-refractivity contribution is 5.14. The highest BCUT2D eigenvalue weighted by Gasteiger charge is 2.31. The minimum absolute atomic E-state index is 0.309. The van der Waals surface area contributed by atoms with Gasteiger partial charge in [0.05, 0.1) is 0 Å². The lowest BCUT2D eigenvalue weighted by atomic mass is 9.68. The molecular weight excluding hydrogens is 348 g/mol. The summed E-state index contributed by atoms with van der Waals surface area (Å²) in [6, 6.07) is 0. The highest BCUT2D eigenvalue weighted by Crippen LogP contribution is 2.44. The first-order chi connectivity index (χ1) is 13.6. The molecule has 5 atom stereocenters. The first-order valence-corrected chi connectivity index (χ1v) is 12.6. The van der Waals surface area contributed by atoms with Crippen LogP contribution in [0, 0.1) is 29.1 Å². The third kappa shape index (κ3) is 9.27. The van der Waals surface area contributed by atoms with E-state index < -0.39 is 0 Å². The summed E-state index contributed by atoms with van der Waals surface area (Å²) in [5.74, 6) is 3.22. The van der Waals surface area contributed by atoms with Crippen molar-refractivity contribution in [3.63, 3.8) is 0 Å². The molecule has 0 heterocycles. The topological polar surface area (TPSA) is 0 Å². The predicted octanol–water partition coefficient (Wildman–Crippen LogP) is 9.92. The minimum atomic E-state index is 0.309. The van der Waals surface area contributed by atoms with Crippen LogP contribution < -0.4 is 0 Å². The molecule has 0 N–H and O–H groups in total. The zero-order valence-electron chi connectivity index (χ0n) is 21.2. The fraction of sp³-hybridized carbons (Fsp3) is 0.793. The van der Waals surface area contributed by atoms with Crippen LogP contribution in [-0.4, -0.2) is 0 Å². The monoisotopic (exact) mass is 400 g/mol. The summed E-state index contributed by atoms with van der Waals surface area (Å²) in [6.07, 6.45) is 18.6. The second-order valence-corrected chi connectivity index (χ2v) is 10.9. The van der Waals surface area contributed by atoms with Gasteiger partial charge >= 0.3 is 0 Å². The molecule has 1 aliphatic carbocycles. The molecule has 0 aromatic carbocycles. The van der Waals surface area contributed by atoms with Gasteiger partial charge in [0.1, 0.15) is 0 Å². The fourth-order valence-corrected chi connectivity index (χ4v) is 5.48. The fourth-order valence-electron chi connectivity index (χ4n) is 5.48. The van der Waals surface area contributed by atoms with Crippen LogP contribution >= 0.6 is 0 Å². The van der Waals surface area contributed by atoms with Gasteiger partial charge in [0.25, 0.3) is 0 Å². The maximum Gasteiger partial charge on any atom is -0.0113 e. The molecular formula is C29H52. The largest absolute Gasteiger partial charge is 0.0999 e. The van der Waals surface area contributed by atoms with E-state index in [4.69, 9.17) is 0 Å². The summed E-state index contributed by atoms with van der Waals surface area (Å²) < 4.78 is 0. The maximum absolute atomic E-state index is 4.32. The van der Waals surface area contributed by atoms with Gasteiger partial charge in [0.2, 0.25) is 0 Å². The molecule has 0 heteroatoms. The molecule has 0 spiro atoms. The van der Waals surface area contributed by atoms with E-state index in [9.17, 15) is 0 Å². The van der Waals surface area contributed by atoms with E-state index in [1.807, 2.05) is 0 Å². The van der Waals surface area contributed by atoms with E-state index >= 15 is 0 Å². The number of rotatable bonds is 12. The van der Waals surface area contributed by atoms with E-state index in [-0.39, 0.29) is 0 Å². The van der Waals surface area contributed by atoms with Crippen LogP contribution in [0.5, 0.6) is 0 Å². The van der Waals surface area contributed by atoms with Gasteiger partial charge < -0.3 is 0 Å². The molecule has 1 rings (SSSR count). The lowest BCUT2D eigenvalue weighted by Crippen LogP contribution is -2.25. The summed E-state index contributed by atoms with van der Waals surface area (Å²) in [4.78, 5) is 0. The molecule has 168 valence electrons. The maximum atomic E-state index is 4.32. The van der Waals surface area contributed by atoms with Crippen molar-refractivity contribution in [2.45, 2.75) is 120 Å². The standard InChI is InChI=1S/C29H52/c1-10-26-13-12-14-27(20-26)17-18-29(9,21-28(11-2)23(5)6)25(8)16-15-24(7)19-22(3)4/h16,19,24,26-28H,5,10-15,17-18,20-21H2,1-4,6-9H3. The average Bonchev–Trinajstić information content (AvgIpc) is 2.68. The van der Waals surface area contributed by atoms with Crippen molar-refractivity contribution < 1.29 is 0 Å². The van der Waals surface area contributed by atoms with Crippen LogP contribution in [0.1, 0.15) is 120 Å². The van der Waals surface area contributed by atoms with Crippen LogP contribution in [0.15, 0.2) is 35.5 Å².